The first-order valence-corrected chi connectivity index (χ1v) is 15.8. The first-order valence-electron chi connectivity index (χ1n) is 15.8. The molecule has 6 rings (SSSR count). The summed E-state index contributed by atoms with van der Waals surface area (Å²) in [6.07, 6.45) is 4.47. The van der Waals surface area contributed by atoms with Crippen LogP contribution in [0.25, 0.3) is 49.7 Å². The van der Waals surface area contributed by atoms with Crippen LogP contribution in [0.15, 0.2) is 103 Å². The second kappa shape index (κ2) is 12.5. The van der Waals surface area contributed by atoms with Crippen LogP contribution in [0.3, 0.4) is 0 Å². The van der Waals surface area contributed by atoms with Crippen molar-refractivity contribution in [2.45, 2.75) is 59.4 Å². The molecule has 0 radical (unpaired) electrons. The number of nitrogens with two attached hydrogens (primary N) is 1. The van der Waals surface area contributed by atoms with Crippen LogP contribution in [-0.2, 0) is 0 Å². The molecule has 0 bridgehead atoms. The second-order valence-electron chi connectivity index (χ2n) is 12.0. The average molecular weight is 566 g/mol. The Kier molecular flexibility index (Phi) is 8.35. The first kappa shape index (κ1) is 28.8. The van der Waals surface area contributed by atoms with Crippen molar-refractivity contribution in [3.05, 3.63) is 120 Å². The van der Waals surface area contributed by atoms with Crippen molar-refractivity contribution >= 4 is 27.5 Å². The molecule has 0 spiro atoms. The zero-order valence-corrected chi connectivity index (χ0v) is 26.0. The van der Waals surface area contributed by atoms with E-state index in [4.69, 9.17) is 5.73 Å². The maximum absolute atomic E-state index is 6.40. The van der Waals surface area contributed by atoms with Crippen LogP contribution in [-0.4, -0.2) is 11.1 Å². The normalized spacial score (nSPS) is 12.2. The fourth-order valence-corrected chi connectivity index (χ4v) is 6.33. The van der Waals surface area contributed by atoms with Crippen molar-refractivity contribution in [3.63, 3.8) is 0 Å². The van der Waals surface area contributed by atoms with Gasteiger partial charge in [-0.05, 0) is 114 Å². The summed E-state index contributed by atoms with van der Waals surface area (Å²) in [5.74, 6) is 0. The minimum Gasteiger partial charge on any atom is -0.385 e. The summed E-state index contributed by atoms with van der Waals surface area (Å²) < 4.78 is 2.42. The largest absolute Gasteiger partial charge is 0.385 e. The number of nitrogens with zero attached hydrogens (tertiary/aromatic N) is 1. The van der Waals surface area contributed by atoms with E-state index < -0.39 is 0 Å². The Balaban J connectivity index is 1.47. The number of anilines is 1. The van der Waals surface area contributed by atoms with E-state index in [2.05, 4.69) is 141 Å². The summed E-state index contributed by atoms with van der Waals surface area (Å²) in [5, 5.41) is 6.06. The van der Waals surface area contributed by atoms with Crippen molar-refractivity contribution in [2.24, 2.45) is 5.73 Å². The fourth-order valence-electron chi connectivity index (χ4n) is 6.33. The van der Waals surface area contributed by atoms with Gasteiger partial charge < -0.3 is 15.6 Å². The van der Waals surface area contributed by atoms with E-state index in [0.717, 1.165) is 19.4 Å². The van der Waals surface area contributed by atoms with Crippen LogP contribution in [0.2, 0.25) is 0 Å². The van der Waals surface area contributed by atoms with Gasteiger partial charge in [0.25, 0.3) is 0 Å². The Hall–Kier alpha value is -4.34. The lowest BCUT2D eigenvalue weighted by Crippen LogP contribution is -2.09. The van der Waals surface area contributed by atoms with Gasteiger partial charge in [0.1, 0.15) is 0 Å². The van der Waals surface area contributed by atoms with E-state index in [-0.39, 0.29) is 6.04 Å². The van der Waals surface area contributed by atoms with Crippen LogP contribution in [0.1, 0.15) is 62.3 Å². The number of rotatable bonds is 10. The number of unbranched alkanes of at least 4 members (excludes halogenated alkanes) is 1. The van der Waals surface area contributed by atoms with Gasteiger partial charge >= 0.3 is 0 Å². The molecule has 1 atom stereocenters. The third-order valence-corrected chi connectivity index (χ3v) is 8.58. The van der Waals surface area contributed by atoms with Gasteiger partial charge in [-0.1, -0.05) is 81.3 Å². The monoisotopic (exact) mass is 565 g/mol. The highest BCUT2D eigenvalue weighted by Crippen LogP contribution is 2.38. The molecule has 218 valence electrons. The topological polar surface area (TPSA) is 43.0 Å². The summed E-state index contributed by atoms with van der Waals surface area (Å²) in [6.45, 7) is 9.77. The highest BCUT2D eigenvalue weighted by molar-refractivity contribution is 6.11. The van der Waals surface area contributed by atoms with Gasteiger partial charge in [0, 0.05) is 34.7 Å². The Morgan fingerprint density at radius 1 is 0.628 bits per heavy atom. The smallest absolute Gasteiger partial charge is 0.0541 e. The van der Waals surface area contributed by atoms with E-state index >= 15 is 0 Å². The van der Waals surface area contributed by atoms with Gasteiger partial charge in [0.05, 0.1) is 11.0 Å². The number of aromatic nitrogens is 1. The van der Waals surface area contributed by atoms with Crippen molar-refractivity contribution in [1.82, 2.24) is 4.57 Å². The number of hydrogen-bond acceptors (Lipinski definition) is 2. The zero-order valence-electron chi connectivity index (χ0n) is 26.0. The van der Waals surface area contributed by atoms with Crippen LogP contribution < -0.4 is 11.1 Å². The molecule has 43 heavy (non-hydrogen) atoms. The lowest BCUT2D eigenvalue weighted by molar-refractivity contribution is 0.638. The Bertz CT molecular complexity index is 1840. The van der Waals surface area contributed by atoms with Crippen LogP contribution in [0.5, 0.6) is 0 Å². The molecule has 0 aliphatic rings. The van der Waals surface area contributed by atoms with E-state index in [0.29, 0.717) is 0 Å². The highest BCUT2D eigenvalue weighted by Gasteiger charge is 2.15. The van der Waals surface area contributed by atoms with Crippen molar-refractivity contribution in [2.75, 3.05) is 11.9 Å². The molecule has 0 fully saturated rings. The molecule has 3 nitrogen and oxygen atoms in total. The Morgan fingerprint density at radius 2 is 1.16 bits per heavy atom. The zero-order chi connectivity index (χ0) is 29.9. The molecule has 0 saturated heterocycles. The van der Waals surface area contributed by atoms with Crippen molar-refractivity contribution in [1.29, 1.82) is 0 Å². The summed E-state index contributed by atoms with van der Waals surface area (Å²) in [7, 11) is 0. The highest BCUT2D eigenvalue weighted by atomic mass is 15.0. The molecule has 5 aromatic carbocycles. The Labute approximate surface area is 256 Å². The molecule has 3 heteroatoms. The summed E-state index contributed by atoms with van der Waals surface area (Å²) in [6, 6.07) is 38.4. The number of fused-ring (bicyclic) bond motifs is 3. The summed E-state index contributed by atoms with van der Waals surface area (Å²) in [4.78, 5) is 0. The van der Waals surface area contributed by atoms with Crippen molar-refractivity contribution < 1.29 is 0 Å². The average Bonchev–Trinajstić information content (AvgIpc) is 3.34. The van der Waals surface area contributed by atoms with Gasteiger partial charge in [-0.25, -0.2) is 0 Å². The molecule has 1 aromatic heterocycles. The lowest BCUT2D eigenvalue weighted by atomic mass is 9.97. The quantitative estimate of drug-likeness (QED) is 0.162. The second-order valence-corrected chi connectivity index (χ2v) is 12.0. The van der Waals surface area contributed by atoms with Crippen LogP contribution in [0, 0.1) is 13.8 Å². The predicted molar refractivity (Wildman–Crippen MR) is 186 cm³/mol. The van der Waals surface area contributed by atoms with E-state index in [9.17, 15) is 0 Å². The molecule has 0 aliphatic carbocycles. The molecule has 0 aliphatic heterocycles. The van der Waals surface area contributed by atoms with Gasteiger partial charge in [-0.15, -0.1) is 0 Å². The summed E-state index contributed by atoms with van der Waals surface area (Å²) in [5.41, 5.74) is 19.9. The molecule has 0 amide bonds. The molecule has 6 aromatic rings. The van der Waals surface area contributed by atoms with Crippen LogP contribution >= 0.6 is 0 Å². The SMILES string of the molecule is CCCCNc1ccc(-c2ccc3c(c2)c2cc(-c4ccc(C(N)CCC)cc4)ccc2n3-c2cc(C)cc(C)c2)cc1. The van der Waals surface area contributed by atoms with Crippen LogP contribution in [0.4, 0.5) is 5.69 Å². The van der Waals surface area contributed by atoms with Gasteiger partial charge in [0.15, 0.2) is 0 Å². The van der Waals surface area contributed by atoms with E-state index in [1.807, 2.05) is 0 Å². The maximum Gasteiger partial charge on any atom is 0.0541 e. The molecule has 0 saturated carbocycles. The van der Waals surface area contributed by atoms with E-state index in [1.165, 1.54) is 85.0 Å². The third kappa shape index (κ3) is 5.96. The molecular weight excluding hydrogens is 522 g/mol. The summed E-state index contributed by atoms with van der Waals surface area (Å²) >= 11 is 0. The first-order chi connectivity index (χ1) is 20.9. The maximum atomic E-state index is 6.40. The molecular formula is C40H43N3. The van der Waals surface area contributed by atoms with Gasteiger partial charge in [0.2, 0.25) is 0 Å². The standard InChI is InChI=1S/C40H43N3/c1-5-7-21-42-34-17-13-30(14-18-34)33-16-20-40-37(26-33)36-25-32(29-9-11-31(12-10-29)38(41)8-6-2)15-19-39(36)43(40)35-23-27(3)22-28(4)24-35/h9-20,22-26,38,42H,5-8,21,41H2,1-4H3. The minimum atomic E-state index is 0.0944. The van der Waals surface area contributed by atoms with E-state index in [1.54, 1.807) is 0 Å². The fraction of sp³-hybridized carbons (Fsp3) is 0.250. The van der Waals surface area contributed by atoms with Gasteiger partial charge in [-0.2, -0.15) is 0 Å². The molecule has 3 N–H and O–H groups in total. The molecule has 1 unspecified atom stereocenters. The number of hydrogen-bond donors (Lipinski definition) is 2. The predicted octanol–water partition coefficient (Wildman–Crippen LogP) is 10.7. The molecule has 1 heterocycles. The minimum absolute atomic E-state index is 0.0944. The number of nitrogens with one attached hydrogen (secondary N) is 1. The number of aryl methyl sites for hydroxylation is 2. The third-order valence-electron chi connectivity index (χ3n) is 8.58. The van der Waals surface area contributed by atoms with Gasteiger partial charge in [-0.3, -0.25) is 0 Å². The number of benzene rings is 5. The van der Waals surface area contributed by atoms with Crippen molar-refractivity contribution in [3.8, 4) is 27.9 Å². The lowest BCUT2D eigenvalue weighted by Gasteiger charge is -2.12. The Morgan fingerprint density at radius 3 is 1.70 bits per heavy atom.